The molecule has 1 aromatic carbocycles. The number of hydrogen-bond acceptors (Lipinski definition) is 3. The highest BCUT2D eigenvalue weighted by Gasteiger charge is 2.25. The first kappa shape index (κ1) is 9.65. The predicted octanol–water partition coefficient (Wildman–Crippen LogP) is 1.83. The van der Waals surface area contributed by atoms with Gasteiger partial charge in [0.2, 0.25) is 5.78 Å². The molecule has 0 saturated heterocycles. The zero-order chi connectivity index (χ0) is 10.8. The number of carbonyl (C=O) groups is 2. The van der Waals surface area contributed by atoms with Gasteiger partial charge in [-0.3, -0.25) is 9.59 Å². The number of carbonyl (C=O) groups excluding carboxylic acids is 2. The first-order valence-electron chi connectivity index (χ1n) is 4.67. The van der Waals surface area contributed by atoms with E-state index in [9.17, 15) is 9.59 Å². The van der Waals surface area contributed by atoms with Gasteiger partial charge in [-0.15, -0.1) is 0 Å². The minimum atomic E-state index is -0.766. The molecule has 0 saturated carbocycles. The minimum Gasteiger partial charge on any atom is -0.450 e. The molecule has 3 nitrogen and oxygen atoms in total. The maximum Gasteiger partial charge on any atom is 0.303 e. The lowest BCUT2D eigenvalue weighted by atomic mass is 9.94. The molecule has 0 fully saturated rings. The SMILES string of the molecule is CC(=O)OC1C=Cc2ccccc2C1=O. The van der Waals surface area contributed by atoms with Crippen molar-refractivity contribution >= 4 is 17.8 Å². The highest BCUT2D eigenvalue weighted by Crippen LogP contribution is 2.20. The van der Waals surface area contributed by atoms with E-state index in [4.69, 9.17) is 4.74 Å². The molecular weight excluding hydrogens is 192 g/mol. The molecule has 1 atom stereocenters. The Morgan fingerprint density at radius 1 is 1.33 bits per heavy atom. The van der Waals surface area contributed by atoms with Crippen LogP contribution in [-0.4, -0.2) is 17.9 Å². The number of ketones is 1. The van der Waals surface area contributed by atoms with Gasteiger partial charge in [-0.05, 0) is 11.6 Å². The van der Waals surface area contributed by atoms with Crippen LogP contribution in [-0.2, 0) is 9.53 Å². The monoisotopic (exact) mass is 202 g/mol. The normalized spacial score (nSPS) is 18.5. The Hall–Kier alpha value is -1.90. The van der Waals surface area contributed by atoms with Crippen LogP contribution in [0.5, 0.6) is 0 Å². The first-order chi connectivity index (χ1) is 7.18. The molecule has 1 unspecified atom stereocenters. The molecule has 1 aromatic rings. The third-order valence-corrected chi connectivity index (χ3v) is 2.23. The largest absolute Gasteiger partial charge is 0.450 e. The predicted molar refractivity (Wildman–Crippen MR) is 55.4 cm³/mol. The molecule has 0 N–H and O–H groups in total. The molecule has 1 aliphatic rings. The molecule has 0 amide bonds. The zero-order valence-electron chi connectivity index (χ0n) is 8.27. The van der Waals surface area contributed by atoms with E-state index in [1.54, 1.807) is 24.3 Å². The molecule has 76 valence electrons. The van der Waals surface area contributed by atoms with Crippen molar-refractivity contribution in [1.29, 1.82) is 0 Å². The number of rotatable bonds is 1. The summed E-state index contributed by atoms with van der Waals surface area (Å²) in [5, 5.41) is 0. The molecule has 15 heavy (non-hydrogen) atoms. The van der Waals surface area contributed by atoms with Gasteiger partial charge in [0.15, 0.2) is 6.10 Å². The van der Waals surface area contributed by atoms with Crippen LogP contribution >= 0.6 is 0 Å². The Balaban J connectivity index is 2.33. The lowest BCUT2D eigenvalue weighted by molar-refractivity contribution is -0.142. The molecule has 0 radical (unpaired) electrons. The van der Waals surface area contributed by atoms with Gasteiger partial charge < -0.3 is 4.74 Å². The summed E-state index contributed by atoms with van der Waals surface area (Å²) in [6.07, 6.45) is 2.63. The number of hydrogen-bond donors (Lipinski definition) is 0. The third kappa shape index (κ3) is 1.81. The van der Waals surface area contributed by atoms with Crippen molar-refractivity contribution in [3.05, 3.63) is 41.5 Å². The first-order valence-corrected chi connectivity index (χ1v) is 4.67. The number of esters is 1. The average Bonchev–Trinajstić information content (AvgIpc) is 2.22. The van der Waals surface area contributed by atoms with E-state index in [0.29, 0.717) is 5.56 Å². The van der Waals surface area contributed by atoms with E-state index in [1.807, 2.05) is 12.1 Å². The molecular formula is C12H10O3. The Kier molecular flexibility index (Phi) is 2.37. The molecule has 2 rings (SSSR count). The van der Waals surface area contributed by atoms with Crippen LogP contribution in [0.1, 0.15) is 22.8 Å². The smallest absolute Gasteiger partial charge is 0.303 e. The zero-order valence-corrected chi connectivity index (χ0v) is 8.27. The Morgan fingerprint density at radius 2 is 2.07 bits per heavy atom. The summed E-state index contributed by atoms with van der Waals surface area (Å²) in [6, 6.07) is 7.24. The molecule has 3 heteroatoms. The summed E-state index contributed by atoms with van der Waals surface area (Å²) < 4.78 is 4.89. The second-order valence-electron chi connectivity index (χ2n) is 3.34. The van der Waals surface area contributed by atoms with Crippen molar-refractivity contribution in [3.63, 3.8) is 0 Å². The van der Waals surface area contributed by atoms with Gasteiger partial charge >= 0.3 is 5.97 Å². The van der Waals surface area contributed by atoms with E-state index in [2.05, 4.69) is 0 Å². The van der Waals surface area contributed by atoms with Gasteiger partial charge in [0.05, 0.1) is 0 Å². The Labute approximate surface area is 87.4 Å². The van der Waals surface area contributed by atoms with Crippen molar-refractivity contribution in [2.45, 2.75) is 13.0 Å². The van der Waals surface area contributed by atoms with Crippen LogP contribution in [0.15, 0.2) is 30.3 Å². The Bertz CT molecular complexity index is 446. The van der Waals surface area contributed by atoms with Crippen molar-refractivity contribution in [1.82, 2.24) is 0 Å². The fraction of sp³-hybridized carbons (Fsp3) is 0.167. The number of Topliss-reactive ketones (excluding diaryl/α,β-unsaturated/α-hetero) is 1. The van der Waals surface area contributed by atoms with Crippen LogP contribution in [0, 0.1) is 0 Å². The summed E-state index contributed by atoms with van der Waals surface area (Å²) in [6.45, 7) is 1.29. The third-order valence-electron chi connectivity index (χ3n) is 2.23. The summed E-state index contributed by atoms with van der Waals surface area (Å²) >= 11 is 0. The standard InChI is InChI=1S/C12H10O3/c1-8(13)15-11-7-6-9-4-2-3-5-10(9)12(11)14/h2-7,11H,1H3. The summed E-state index contributed by atoms with van der Waals surface area (Å²) in [4.78, 5) is 22.6. The van der Waals surface area contributed by atoms with Crippen LogP contribution in [0.2, 0.25) is 0 Å². The van der Waals surface area contributed by atoms with E-state index >= 15 is 0 Å². The summed E-state index contributed by atoms with van der Waals surface area (Å²) in [5.41, 5.74) is 1.47. The quantitative estimate of drug-likeness (QED) is 0.652. The summed E-state index contributed by atoms with van der Waals surface area (Å²) in [7, 11) is 0. The van der Waals surface area contributed by atoms with Gasteiger partial charge in [0.25, 0.3) is 0 Å². The fourth-order valence-electron chi connectivity index (χ4n) is 1.57. The highest BCUT2D eigenvalue weighted by atomic mass is 16.5. The maximum atomic E-state index is 11.8. The number of ether oxygens (including phenoxy) is 1. The molecule has 0 heterocycles. The fourth-order valence-corrected chi connectivity index (χ4v) is 1.57. The Morgan fingerprint density at radius 3 is 2.80 bits per heavy atom. The molecule has 0 aromatic heterocycles. The highest BCUT2D eigenvalue weighted by molar-refractivity contribution is 6.06. The van der Waals surface area contributed by atoms with Crippen molar-refractivity contribution in [2.24, 2.45) is 0 Å². The topological polar surface area (TPSA) is 43.4 Å². The van der Waals surface area contributed by atoms with Crippen LogP contribution in [0.3, 0.4) is 0 Å². The maximum absolute atomic E-state index is 11.8. The second kappa shape index (κ2) is 3.69. The lowest BCUT2D eigenvalue weighted by Gasteiger charge is -2.17. The van der Waals surface area contributed by atoms with Crippen LogP contribution < -0.4 is 0 Å². The molecule has 0 aliphatic heterocycles. The average molecular weight is 202 g/mol. The molecule has 0 spiro atoms. The van der Waals surface area contributed by atoms with Gasteiger partial charge in [0, 0.05) is 12.5 Å². The van der Waals surface area contributed by atoms with E-state index in [1.165, 1.54) is 6.92 Å². The van der Waals surface area contributed by atoms with Crippen LogP contribution in [0.4, 0.5) is 0 Å². The van der Waals surface area contributed by atoms with Gasteiger partial charge in [-0.25, -0.2) is 0 Å². The molecule has 1 aliphatic carbocycles. The molecule has 0 bridgehead atoms. The lowest BCUT2D eigenvalue weighted by Crippen LogP contribution is -2.27. The van der Waals surface area contributed by atoms with Crippen molar-refractivity contribution in [3.8, 4) is 0 Å². The van der Waals surface area contributed by atoms with E-state index in [0.717, 1.165) is 5.56 Å². The van der Waals surface area contributed by atoms with Gasteiger partial charge in [0.1, 0.15) is 0 Å². The number of benzene rings is 1. The van der Waals surface area contributed by atoms with E-state index < -0.39 is 12.1 Å². The van der Waals surface area contributed by atoms with E-state index in [-0.39, 0.29) is 5.78 Å². The number of fused-ring (bicyclic) bond motifs is 1. The second-order valence-corrected chi connectivity index (χ2v) is 3.34. The van der Waals surface area contributed by atoms with Gasteiger partial charge in [-0.1, -0.05) is 30.3 Å². The van der Waals surface area contributed by atoms with Crippen molar-refractivity contribution < 1.29 is 14.3 Å². The minimum absolute atomic E-state index is 0.164. The summed E-state index contributed by atoms with van der Waals surface area (Å²) in [5.74, 6) is -0.610. The van der Waals surface area contributed by atoms with Gasteiger partial charge in [-0.2, -0.15) is 0 Å². The van der Waals surface area contributed by atoms with Crippen molar-refractivity contribution in [2.75, 3.05) is 0 Å². The van der Waals surface area contributed by atoms with Crippen LogP contribution in [0.25, 0.3) is 6.08 Å².